The topological polar surface area (TPSA) is 93.1 Å². The van der Waals surface area contributed by atoms with Gasteiger partial charge in [0.1, 0.15) is 17.1 Å². The molecule has 7 nitrogen and oxygen atoms in total. The number of carbonyl (C=O) groups is 1. The standard InChI is InChI=1S/C19H22FNO6S/c1-4-11-28(24,25)21(12-13-5-7-14(26-2)8-6-13)16-10-9-15(20)17(19(22)23)18(16)27-3/h5-10H,4,11-12H2,1-3H3,(H,22,23). The van der Waals surface area contributed by atoms with Gasteiger partial charge in [0.05, 0.1) is 32.2 Å². The Balaban J connectivity index is 2.62. The molecule has 1 N–H and O–H groups in total. The molecule has 0 radical (unpaired) electrons. The van der Waals surface area contributed by atoms with E-state index in [1.165, 1.54) is 20.3 Å². The molecule has 0 aliphatic rings. The molecule has 0 aliphatic heterocycles. The number of rotatable bonds is 9. The van der Waals surface area contributed by atoms with E-state index in [9.17, 15) is 22.7 Å². The van der Waals surface area contributed by atoms with Crippen LogP contribution in [0.25, 0.3) is 0 Å². The number of anilines is 1. The second-order valence-electron chi connectivity index (χ2n) is 5.95. The molecule has 152 valence electrons. The van der Waals surface area contributed by atoms with Gasteiger partial charge < -0.3 is 14.6 Å². The lowest BCUT2D eigenvalue weighted by Gasteiger charge is -2.27. The van der Waals surface area contributed by atoms with Gasteiger partial charge in [-0.05, 0) is 36.2 Å². The maximum Gasteiger partial charge on any atom is 0.342 e. The highest BCUT2D eigenvalue weighted by molar-refractivity contribution is 7.92. The van der Waals surface area contributed by atoms with Crippen LogP contribution in [-0.4, -0.2) is 39.5 Å². The van der Waals surface area contributed by atoms with Crippen LogP contribution in [0.15, 0.2) is 36.4 Å². The van der Waals surface area contributed by atoms with Gasteiger partial charge >= 0.3 is 5.97 Å². The Morgan fingerprint density at radius 3 is 2.25 bits per heavy atom. The van der Waals surface area contributed by atoms with Crippen LogP contribution in [0.2, 0.25) is 0 Å². The van der Waals surface area contributed by atoms with E-state index in [1.54, 1.807) is 31.2 Å². The van der Waals surface area contributed by atoms with Crippen LogP contribution >= 0.6 is 0 Å². The minimum absolute atomic E-state index is 0.0365. The van der Waals surface area contributed by atoms with Gasteiger partial charge in [-0.1, -0.05) is 19.1 Å². The average Bonchev–Trinajstić information content (AvgIpc) is 2.66. The molecule has 2 aromatic carbocycles. The van der Waals surface area contributed by atoms with E-state index in [-0.39, 0.29) is 23.7 Å². The van der Waals surface area contributed by atoms with Crippen LogP contribution in [0.4, 0.5) is 10.1 Å². The Bertz CT molecular complexity index is 944. The van der Waals surface area contributed by atoms with Crippen LogP contribution < -0.4 is 13.8 Å². The molecular weight excluding hydrogens is 389 g/mol. The number of ether oxygens (including phenoxy) is 2. The lowest BCUT2D eigenvalue weighted by Crippen LogP contribution is -2.33. The van der Waals surface area contributed by atoms with Crippen molar-refractivity contribution in [2.75, 3.05) is 24.3 Å². The van der Waals surface area contributed by atoms with E-state index in [2.05, 4.69) is 0 Å². The van der Waals surface area contributed by atoms with E-state index in [4.69, 9.17) is 9.47 Å². The average molecular weight is 411 g/mol. The minimum atomic E-state index is -3.82. The first kappa shape index (κ1) is 21.5. The van der Waals surface area contributed by atoms with Gasteiger partial charge in [0.2, 0.25) is 10.0 Å². The molecule has 2 aromatic rings. The molecule has 0 heterocycles. The number of nitrogens with zero attached hydrogens (tertiary/aromatic N) is 1. The number of sulfonamides is 1. The zero-order chi connectivity index (χ0) is 20.9. The van der Waals surface area contributed by atoms with Crippen molar-refractivity contribution in [2.24, 2.45) is 0 Å². The molecule has 0 aliphatic carbocycles. The third-order valence-corrected chi connectivity index (χ3v) is 5.98. The minimum Gasteiger partial charge on any atom is -0.497 e. The summed E-state index contributed by atoms with van der Waals surface area (Å²) in [4.78, 5) is 11.5. The second-order valence-corrected chi connectivity index (χ2v) is 7.96. The van der Waals surface area contributed by atoms with E-state index < -0.39 is 27.4 Å². The molecule has 28 heavy (non-hydrogen) atoms. The summed E-state index contributed by atoms with van der Waals surface area (Å²) in [6.07, 6.45) is 0.358. The van der Waals surface area contributed by atoms with Crippen LogP contribution in [0.1, 0.15) is 29.3 Å². The van der Waals surface area contributed by atoms with Crippen molar-refractivity contribution in [3.8, 4) is 11.5 Å². The zero-order valence-electron chi connectivity index (χ0n) is 15.8. The summed E-state index contributed by atoms with van der Waals surface area (Å²) in [6.45, 7) is 1.64. The van der Waals surface area contributed by atoms with Crippen LogP contribution in [0.3, 0.4) is 0 Å². The summed E-state index contributed by atoms with van der Waals surface area (Å²) in [7, 11) is -1.13. The quantitative estimate of drug-likeness (QED) is 0.681. The number of hydrogen-bond donors (Lipinski definition) is 1. The van der Waals surface area contributed by atoms with Gasteiger partial charge in [0.25, 0.3) is 0 Å². The first-order chi connectivity index (χ1) is 13.2. The number of halogens is 1. The monoisotopic (exact) mass is 411 g/mol. The van der Waals surface area contributed by atoms with Crippen molar-refractivity contribution in [2.45, 2.75) is 19.9 Å². The molecule has 0 unspecified atom stereocenters. The summed E-state index contributed by atoms with van der Waals surface area (Å²) in [5.41, 5.74) is -0.110. The molecular formula is C19H22FNO6S. The van der Waals surface area contributed by atoms with Crippen LogP contribution in [0, 0.1) is 5.82 Å². The molecule has 0 saturated heterocycles. The molecule has 2 rings (SSSR count). The molecule has 0 amide bonds. The van der Waals surface area contributed by atoms with Crippen molar-refractivity contribution in [1.82, 2.24) is 0 Å². The van der Waals surface area contributed by atoms with E-state index in [1.807, 2.05) is 0 Å². The fourth-order valence-corrected chi connectivity index (χ4v) is 4.27. The number of aromatic carboxylic acids is 1. The van der Waals surface area contributed by atoms with Crippen LogP contribution in [0.5, 0.6) is 11.5 Å². The number of methoxy groups -OCH3 is 2. The second kappa shape index (κ2) is 8.92. The molecule has 9 heteroatoms. The maximum atomic E-state index is 14.0. The Kier molecular flexibility index (Phi) is 6.85. The van der Waals surface area contributed by atoms with Crippen molar-refractivity contribution >= 4 is 21.7 Å². The molecule has 0 fully saturated rings. The highest BCUT2D eigenvalue weighted by Crippen LogP contribution is 2.36. The maximum absolute atomic E-state index is 14.0. The van der Waals surface area contributed by atoms with Gasteiger partial charge in [0.15, 0.2) is 5.75 Å². The van der Waals surface area contributed by atoms with Crippen molar-refractivity contribution in [3.05, 3.63) is 53.3 Å². The largest absolute Gasteiger partial charge is 0.497 e. The third kappa shape index (κ3) is 4.53. The predicted molar refractivity (Wildman–Crippen MR) is 103 cm³/mol. The Hall–Kier alpha value is -2.81. The van der Waals surface area contributed by atoms with E-state index in [0.29, 0.717) is 17.7 Å². The number of hydrogen-bond acceptors (Lipinski definition) is 5. The summed E-state index contributed by atoms with van der Waals surface area (Å²) in [5.74, 6) is -2.45. The SMILES string of the molecule is CCCS(=O)(=O)N(Cc1ccc(OC)cc1)c1ccc(F)c(C(=O)O)c1OC. The fourth-order valence-electron chi connectivity index (χ4n) is 2.75. The Morgan fingerprint density at radius 1 is 1.11 bits per heavy atom. The smallest absolute Gasteiger partial charge is 0.342 e. The first-order valence-corrected chi connectivity index (χ1v) is 10.1. The van der Waals surface area contributed by atoms with E-state index in [0.717, 1.165) is 10.4 Å². The zero-order valence-corrected chi connectivity index (χ0v) is 16.6. The van der Waals surface area contributed by atoms with Gasteiger partial charge in [-0.2, -0.15) is 0 Å². The summed E-state index contributed by atoms with van der Waals surface area (Å²) < 4.78 is 51.1. The lowest BCUT2D eigenvalue weighted by atomic mass is 10.1. The van der Waals surface area contributed by atoms with Crippen LogP contribution in [-0.2, 0) is 16.6 Å². The predicted octanol–water partition coefficient (Wildman–Crippen LogP) is 3.29. The van der Waals surface area contributed by atoms with Gasteiger partial charge in [0, 0.05) is 0 Å². The fraction of sp³-hybridized carbons (Fsp3) is 0.316. The van der Waals surface area contributed by atoms with E-state index >= 15 is 0 Å². The lowest BCUT2D eigenvalue weighted by molar-refractivity contribution is 0.0688. The normalized spacial score (nSPS) is 11.1. The highest BCUT2D eigenvalue weighted by atomic mass is 32.2. The number of benzene rings is 2. The molecule has 0 spiro atoms. The van der Waals surface area contributed by atoms with Gasteiger partial charge in [-0.25, -0.2) is 17.6 Å². The van der Waals surface area contributed by atoms with Crippen molar-refractivity contribution < 1.29 is 32.2 Å². The summed E-state index contributed by atoms with van der Waals surface area (Å²) >= 11 is 0. The molecule has 0 aromatic heterocycles. The molecule has 0 saturated carbocycles. The summed E-state index contributed by atoms with van der Waals surface area (Å²) in [5, 5.41) is 9.34. The Morgan fingerprint density at radius 2 is 1.75 bits per heavy atom. The number of carboxylic acid groups (broad SMARTS) is 1. The third-order valence-electron chi connectivity index (χ3n) is 4.06. The van der Waals surface area contributed by atoms with Gasteiger partial charge in [-0.3, -0.25) is 4.31 Å². The first-order valence-electron chi connectivity index (χ1n) is 8.48. The molecule has 0 bridgehead atoms. The highest BCUT2D eigenvalue weighted by Gasteiger charge is 2.29. The van der Waals surface area contributed by atoms with Crippen molar-refractivity contribution in [3.63, 3.8) is 0 Å². The number of carboxylic acids is 1. The molecule has 0 atom stereocenters. The Labute approximate surface area is 163 Å². The van der Waals surface area contributed by atoms with Crippen molar-refractivity contribution in [1.29, 1.82) is 0 Å². The van der Waals surface area contributed by atoms with Gasteiger partial charge in [-0.15, -0.1) is 0 Å². The summed E-state index contributed by atoms with van der Waals surface area (Å²) in [6, 6.07) is 8.89.